The van der Waals surface area contributed by atoms with Crippen molar-refractivity contribution in [2.75, 3.05) is 12.3 Å². The van der Waals surface area contributed by atoms with Gasteiger partial charge in [-0.25, -0.2) is 9.97 Å². The maximum atomic E-state index is 12.1. The molecule has 0 aliphatic carbocycles. The molecule has 0 saturated carbocycles. The van der Waals surface area contributed by atoms with Crippen molar-refractivity contribution in [1.29, 1.82) is 0 Å². The van der Waals surface area contributed by atoms with Gasteiger partial charge in [0.15, 0.2) is 0 Å². The van der Waals surface area contributed by atoms with Gasteiger partial charge in [0.1, 0.15) is 5.69 Å². The molecule has 5 nitrogen and oxygen atoms in total. The van der Waals surface area contributed by atoms with Gasteiger partial charge in [-0.3, -0.25) is 9.20 Å². The summed E-state index contributed by atoms with van der Waals surface area (Å²) >= 11 is 1.89. The van der Waals surface area contributed by atoms with Crippen LogP contribution in [-0.2, 0) is 5.75 Å². The van der Waals surface area contributed by atoms with E-state index in [2.05, 4.69) is 46.5 Å². The van der Waals surface area contributed by atoms with Crippen LogP contribution in [0.4, 0.5) is 0 Å². The fourth-order valence-electron chi connectivity index (χ4n) is 2.40. The van der Waals surface area contributed by atoms with Crippen molar-refractivity contribution >= 4 is 23.4 Å². The normalized spacial score (nSPS) is 10.9. The summed E-state index contributed by atoms with van der Waals surface area (Å²) in [6.45, 7) is 2.76. The molecular formula is C18H20N4OS. The van der Waals surface area contributed by atoms with Crippen molar-refractivity contribution < 1.29 is 4.79 Å². The third-order valence-electron chi connectivity index (χ3n) is 3.57. The number of nitrogens with one attached hydrogen (secondary N) is 1. The van der Waals surface area contributed by atoms with E-state index in [-0.39, 0.29) is 5.91 Å². The fourth-order valence-corrected chi connectivity index (χ4v) is 3.31. The molecule has 0 atom stereocenters. The van der Waals surface area contributed by atoms with E-state index in [1.165, 1.54) is 11.1 Å². The van der Waals surface area contributed by atoms with Gasteiger partial charge in [0, 0.05) is 30.9 Å². The van der Waals surface area contributed by atoms with E-state index < -0.39 is 0 Å². The monoisotopic (exact) mass is 340 g/mol. The number of nitrogens with zero attached hydrogens (tertiary/aromatic N) is 3. The number of hydrogen-bond acceptors (Lipinski definition) is 4. The van der Waals surface area contributed by atoms with Crippen LogP contribution in [0, 0.1) is 6.92 Å². The Labute approximate surface area is 145 Å². The van der Waals surface area contributed by atoms with Gasteiger partial charge in [-0.15, -0.1) is 0 Å². The van der Waals surface area contributed by atoms with Gasteiger partial charge >= 0.3 is 0 Å². The molecule has 0 saturated heterocycles. The summed E-state index contributed by atoms with van der Waals surface area (Å²) in [5, 5.41) is 2.91. The van der Waals surface area contributed by atoms with Crippen LogP contribution in [0.15, 0.2) is 48.9 Å². The summed E-state index contributed by atoms with van der Waals surface area (Å²) in [5.74, 6) is 2.41. The van der Waals surface area contributed by atoms with E-state index in [1.54, 1.807) is 16.8 Å². The highest BCUT2D eigenvalue weighted by Crippen LogP contribution is 2.14. The number of carbonyl (C=O) groups is 1. The first-order chi connectivity index (χ1) is 11.7. The first-order valence-corrected chi connectivity index (χ1v) is 9.09. The van der Waals surface area contributed by atoms with Gasteiger partial charge < -0.3 is 5.32 Å². The molecule has 0 aliphatic rings. The quantitative estimate of drug-likeness (QED) is 0.672. The Bertz CT molecular complexity index is 798. The van der Waals surface area contributed by atoms with Crippen molar-refractivity contribution in [3.8, 4) is 0 Å². The lowest BCUT2D eigenvalue weighted by molar-refractivity contribution is 0.0949. The smallest absolute Gasteiger partial charge is 0.271 e. The number of rotatable bonds is 7. The van der Waals surface area contributed by atoms with Crippen LogP contribution in [0.3, 0.4) is 0 Å². The number of benzene rings is 1. The molecule has 124 valence electrons. The first-order valence-electron chi connectivity index (χ1n) is 7.93. The summed E-state index contributed by atoms with van der Waals surface area (Å²) in [6.07, 6.45) is 6.13. The van der Waals surface area contributed by atoms with Gasteiger partial charge in [-0.1, -0.05) is 29.8 Å². The summed E-state index contributed by atoms with van der Waals surface area (Å²) in [6, 6.07) is 10.4. The molecule has 1 N–H and O–H groups in total. The molecule has 24 heavy (non-hydrogen) atoms. The van der Waals surface area contributed by atoms with Gasteiger partial charge in [0.05, 0.1) is 0 Å². The van der Waals surface area contributed by atoms with Crippen LogP contribution >= 0.6 is 11.8 Å². The molecule has 0 aliphatic heterocycles. The number of thioether (sulfide) groups is 1. The van der Waals surface area contributed by atoms with Crippen LogP contribution in [0.25, 0.3) is 5.78 Å². The van der Waals surface area contributed by atoms with Crippen molar-refractivity contribution in [2.45, 2.75) is 19.1 Å². The molecule has 3 rings (SSSR count). The van der Waals surface area contributed by atoms with Gasteiger partial charge in [-0.2, -0.15) is 11.8 Å². The van der Waals surface area contributed by atoms with Crippen LogP contribution in [0.5, 0.6) is 0 Å². The molecule has 0 fully saturated rings. The summed E-state index contributed by atoms with van der Waals surface area (Å²) < 4.78 is 1.74. The molecule has 0 bridgehead atoms. The Balaban J connectivity index is 1.38. The predicted molar refractivity (Wildman–Crippen MR) is 97.3 cm³/mol. The Morgan fingerprint density at radius 1 is 1.33 bits per heavy atom. The first kappa shape index (κ1) is 16.5. The molecular weight excluding hydrogens is 320 g/mol. The van der Waals surface area contributed by atoms with E-state index in [1.807, 2.05) is 24.0 Å². The van der Waals surface area contributed by atoms with Crippen molar-refractivity contribution in [3.05, 3.63) is 65.7 Å². The molecule has 0 spiro atoms. The lowest BCUT2D eigenvalue weighted by atomic mass is 10.2. The van der Waals surface area contributed by atoms with Gasteiger partial charge in [0.25, 0.3) is 5.91 Å². The molecule has 3 aromatic rings. The molecule has 6 heteroatoms. The molecule has 1 aromatic carbocycles. The lowest BCUT2D eigenvalue weighted by Gasteiger charge is -2.04. The van der Waals surface area contributed by atoms with Crippen molar-refractivity contribution in [3.63, 3.8) is 0 Å². The summed E-state index contributed by atoms with van der Waals surface area (Å²) in [5.41, 5.74) is 3.05. The fraction of sp³-hybridized carbons (Fsp3) is 0.278. The second-order valence-corrected chi connectivity index (χ2v) is 6.71. The molecule has 2 heterocycles. The van der Waals surface area contributed by atoms with E-state index in [0.29, 0.717) is 18.0 Å². The number of carbonyl (C=O) groups excluding carboxylic acids is 1. The van der Waals surface area contributed by atoms with Crippen LogP contribution in [0.2, 0.25) is 0 Å². The van der Waals surface area contributed by atoms with Crippen LogP contribution in [-0.4, -0.2) is 32.6 Å². The molecule has 2 aromatic heterocycles. The SMILES string of the molecule is Cc1cccc(CSCCCNC(=O)c2cn3cccnc3n2)c1. The molecule has 0 unspecified atom stereocenters. The highest BCUT2D eigenvalue weighted by Gasteiger charge is 2.10. The number of aryl methyl sites for hydroxylation is 1. The maximum absolute atomic E-state index is 12.1. The van der Waals surface area contributed by atoms with Crippen molar-refractivity contribution in [1.82, 2.24) is 19.7 Å². The zero-order valence-corrected chi connectivity index (χ0v) is 14.4. The van der Waals surface area contributed by atoms with Crippen LogP contribution < -0.4 is 5.32 Å². The minimum atomic E-state index is -0.149. The summed E-state index contributed by atoms with van der Waals surface area (Å²) in [4.78, 5) is 20.4. The second kappa shape index (κ2) is 7.97. The number of amides is 1. The zero-order chi connectivity index (χ0) is 16.8. The third-order valence-corrected chi connectivity index (χ3v) is 4.69. The molecule has 0 radical (unpaired) electrons. The highest BCUT2D eigenvalue weighted by molar-refractivity contribution is 7.98. The average Bonchev–Trinajstić information content (AvgIpc) is 3.02. The summed E-state index contributed by atoms with van der Waals surface area (Å²) in [7, 11) is 0. The van der Waals surface area contributed by atoms with E-state index in [0.717, 1.165) is 17.9 Å². The number of aromatic nitrogens is 3. The number of fused-ring (bicyclic) bond motifs is 1. The number of hydrogen-bond donors (Lipinski definition) is 1. The van der Waals surface area contributed by atoms with Gasteiger partial charge in [0.2, 0.25) is 5.78 Å². The number of imidazole rings is 1. The average molecular weight is 340 g/mol. The van der Waals surface area contributed by atoms with E-state index in [4.69, 9.17) is 0 Å². The molecule has 1 amide bonds. The van der Waals surface area contributed by atoms with E-state index >= 15 is 0 Å². The minimum Gasteiger partial charge on any atom is -0.351 e. The second-order valence-electron chi connectivity index (χ2n) is 5.60. The predicted octanol–water partition coefficient (Wildman–Crippen LogP) is 3.09. The lowest BCUT2D eigenvalue weighted by Crippen LogP contribution is -2.25. The van der Waals surface area contributed by atoms with Gasteiger partial charge in [-0.05, 0) is 30.7 Å². The topological polar surface area (TPSA) is 59.3 Å². The zero-order valence-electron chi connectivity index (χ0n) is 13.6. The largest absolute Gasteiger partial charge is 0.351 e. The Morgan fingerprint density at radius 3 is 3.08 bits per heavy atom. The van der Waals surface area contributed by atoms with E-state index in [9.17, 15) is 4.79 Å². The Morgan fingerprint density at radius 2 is 2.25 bits per heavy atom. The highest BCUT2D eigenvalue weighted by atomic mass is 32.2. The Kier molecular flexibility index (Phi) is 5.48. The van der Waals surface area contributed by atoms with Crippen molar-refractivity contribution in [2.24, 2.45) is 0 Å². The standard InChI is InChI=1S/C18H20N4OS/c1-14-5-2-6-15(11-14)13-24-10-4-8-19-17(23)16-12-22-9-3-7-20-18(22)21-16/h2-3,5-7,9,11-12H,4,8,10,13H2,1H3,(H,19,23). The Hall–Kier alpha value is -2.34. The third kappa shape index (κ3) is 4.35. The maximum Gasteiger partial charge on any atom is 0.271 e. The minimum absolute atomic E-state index is 0.149. The van der Waals surface area contributed by atoms with Crippen LogP contribution in [0.1, 0.15) is 28.0 Å².